The minimum absolute atomic E-state index is 0.0821. The molecule has 8 nitrogen and oxygen atoms in total. The lowest BCUT2D eigenvalue weighted by atomic mass is 10.0. The summed E-state index contributed by atoms with van der Waals surface area (Å²) in [5.74, 6) is 0. The fourth-order valence-corrected chi connectivity index (χ4v) is 3.44. The van der Waals surface area contributed by atoms with Crippen LogP contribution in [0.2, 0.25) is 0 Å². The van der Waals surface area contributed by atoms with Gasteiger partial charge >= 0.3 is 5.69 Å². The topological polar surface area (TPSA) is 115 Å². The molecule has 0 saturated heterocycles. The first-order valence-electron chi connectivity index (χ1n) is 7.26. The summed E-state index contributed by atoms with van der Waals surface area (Å²) in [7, 11) is -0.357. The van der Waals surface area contributed by atoms with Gasteiger partial charge in [-0.1, -0.05) is 24.3 Å². The van der Waals surface area contributed by atoms with Gasteiger partial charge in [-0.05, 0) is 32.1 Å². The van der Waals surface area contributed by atoms with Crippen molar-refractivity contribution in [1.29, 1.82) is 0 Å². The van der Waals surface area contributed by atoms with Crippen molar-refractivity contribution in [3.63, 3.8) is 0 Å². The standard InChI is InChI=1S/C15H20N4O4S/c1-10-6-4-5-7-11(10)12(19(2)3)8-17-24(22,23)13-9-16-15(21)18-14(13)20/h4-7,9,12,17H,8H2,1-3H3,(H2,16,18,20,21)/t12-/m0/s1. The van der Waals surface area contributed by atoms with E-state index in [1.54, 1.807) is 0 Å². The number of hydrogen-bond acceptors (Lipinski definition) is 5. The molecule has 9 heteroatoms. The third-order valence-corrected chi connectivity index (χ3v) is 5.14. The quantitative estimate of drug-likeness (QED) is 0.674. The van der Waals surface area contributed by atoms with Crippen molar-refractivity contribution in [2.75, 3.05) is 20.6 Å². The normalized spacial score (nSPS) is 13.2. The maximum absolute atomic E-state index is 12.3. The van der Waals surface area contributed by atoms with Gasteiger partial charge in [0, 0.05) is 18.8 Å². The number of nitrogens with one attached hydrogen (secondary N) is 3. The molecule has 2 rings (SSSR count). The Bertz CT molecular complexity index is 931. The number of rotatable bonds is 6. The lowest BCUT2D eigenvalue weighted by Crippen LogP contribution is -2.38. The first-order valence-corrected chi connectivity index (χ1v) is 8.74. The van der Waals surface area contributed by atoms with Gasteiger partial charge in [0.15, 0.2) is 4.90 Å². The van der Waals surface area contributed by atoms with Gasteiger partial charge in [0.1, 0.15) is 0 Å². The number of nitrogens with zero attached hydrogens (tertiary/aromatic N) is 1. The van der Waals surface area contributed by atoms with E-state index in [2.05, 4.69) is 9.71 Å². The van der Waals surface area contributed by atoms with Crippen LogP contribution >= 0.6 is 0 Å². The molecule has 2 aromatic rings. The van der Waals surface area contributed by atoms with Crippen LogP contribution in [0.3, 0.4) is 0 Å². The van der Waals surface area contributed by atoms with E-state index in [4.69, 9.17) is 0 Å². The van der Waals surface area contributed by atoms with Crippen molar-refractivity contribution < 1.29 is 8.42 Å². The number of benzene rings is 1. The molecule has 0 saturated carbocycles. The molecule has 0 aliphatic carbocycles. The summed E-state index contributed by atoms with van der Waals surface area (Å²) >= 11 is 0. The van der Waals surface area contributed by atoms with Gasteiger partial charge in [-0.25, -0.2) is 17.9 Å². The Labute approximate surface area is 139 Å². The molecule has 0 aliphatic heterocycles. The lowest BCUT2D eigenvalue weighted by Gasteiger charge is -2.26. The summed E-state index contributed by atoms with van der Waals surface area (Å²) in [5, 5.41) is 0. The molecule has 0 amide bonds. The Hall–Kier alpha value is -2.23. The third kappa shape index (κ3) is 3.99. The maximum atomic E-state index is 12.3. The Kier molecular flexibility index (Phi) is 5.37. The SMILES string of the molecule is Cc1ccccc1[C@H](CNS(=O)(=O)c1c[nH]c(=O)[nH]c1=O)N(C)C. The van der Waals surface area contributed by atoms with Crippen LogP contribution < -0.4 is 16.0 Å². The predicted octanol–water partition coefficient (Wildman–Crippen LogP) is -0.0472. The second-order valence-corrected chi connectivity index (χ2v) is 7.36. The minimum atomic E-state index is -4.05. The molecule has 0 spiro atoms. The van der Waals surface area contributed by atoms with E-state index < -0.39 is 26.2 Å². The fraction of sp³-hybridized carbons (Fsp3) is 0.333. The Morgan fingerprint density at radius 3 is 2.46 bits per heavy atom. The van der Waals surface area contributed by atoms with Gasteiger partial charge in [0.25, 0.3) is 5.56 Å². The second kappa shape index (κ2) is 7.12. The molecule has 1 heterocycles. The zero-order chi connectivity index (χ0) is 17.9. The van der Waals surface area contributed by atoms with Gasteiger partial charge < -0.3 is 9.88 Å². The van der Waals surface area contributed by atoms with Crippen molar-refractivity contribution >= 4 is 10.0 Å². The van der Waals surface area contributed by atoms with Crippen LogP contribution in [0.15, 0.2) is 44.9 Å². The molecule has 1 aromatic heterocycles. The third-order valence-electron chi connectivity index (χ3n) is 3.71. The average molecular weight is 352 g/mol. The van der Waals surface area contributed by atoms with Crippen molar-refractivity contribution in [3.8, 4) is 0 Å². The Balaban J connectivity index is 2.28. The monoisotopic (exact) mass is 352 g/mol. The molecule has 0 unspecified atom stereocenters. The molecule has 0 aliphatic rings. The zero-order valence-corrected chi connectivity index (χ0v) is 14.5. The smallest absolute Gasteiger partial charge is 0.313 e. The minimum Gasteiger partial charge on any atom is -0.313 e. The Morgan fingerprint density at radius 1 is 1.21 bits per heavy atom. The number of aromatic amines is 2. The number of H-pyrrole nitrogens is 2. The fourth-order valence-electron chi connectivity index (χ4n) is 2.39. The highest BCUT2D eigenvalue weighted by Crippen LogP contribution is 2.21. The molecule has 1 atom stereocenters. The largest absolute Gasteiger partial charge is 0.325 e. The van der Waals surface area contributed by atoms with Crippen LogP contribution in [-0.2, 0) is 10.0 Å². The van der Waals surface area contributed by atoms with Crippen LogP contribution in [0.4, 0.5) is 0 Å². The van der Waals surface area contributed by atoms with Crippen LogP contribution in [-0.4, -0.2) is 43.9 Å². The summed E-state index contributed by atoms with van der Waals surface area (Å²) in [5.41, 5.74) is 0.312. The van der Waals surface area contributed by atoms with Crippen LogP contribution in [0, 0.1) is 6.92 Å². The molecule has 3 N–H and O–H groups in total. The summed E-state index contributed by atoms with van der Waals surface area (Å²) in [6.45, 7) is 2.03. The van der Waals surface area contributed by atoms with E-state index in [0.717, 1.165) is 17.3 Å². The van der Waals surface area contributed by atoms with E-state index in [-0.39, 0.29) is 12.6 Å². The van der Waals surface area contributed by atoms with E-state index >= 15 is 0 Å². The summed E-state index contributed by atoms with van der Waals surface area (Å²) in [4.78, 5) is 28.1. The first kappa shape index (κ1) is 18.1. The molecule has 0 bridgehead atoms. The highest BCUT2D eigenvalue weighted by molar-refractivity contribution is 7.89. The highest BCUT2D eigenvalue weighted by Gasteiger charge is 2.23. The summed E-state index contributed by atoms with van der Waals surface area (Å²) in [6, 6.07) is 7.48. The molecule has 24 heavy (non-hydrogen) atoms. The number of likely N-dealkylation sites (N-methyl/N-ethyl adjacent to an activating group) is 1. The first-order chi connectivity index (χ1) is 11.2. The maximum Gasteiger partial charge on any atom is 0.325 e. The summed E-state index contributed by atoms with van der Waals surface area (Å²) < 4.78 is 27.1. The number of aryl methyl sites for hydroxylation is 1. The average Bonchev–Trinajstić information content (AvgIpc) is 2.48. The van der Waals surface area contributed by atoms with Crippen LogP contribution in [0.1, 0.15) is 17.2 Å². The molecular formula is C15H20N4O4S. The van der Waals surface area contributed by atoms with E-state index in [9.17, 15) is 18.0 Å². The molecular weight excluding hydrogens is 332 g/mol. The molecule has 130 valence electrons. The van der Waals surface area contributed by atoms with Crippen molar-refractivity contribution in [1.82, 2.24) is 19.6 Å². The van der Waals surface area contributed by atoms with E-state index in [1.807, 2.05) is 55.2 Å². The van der Waals surface area contributed by atoms with Gasteiger partial charge in [0.2, 0.25) is 10.0 Å². The lowest BCUT2D eigenvalue weighted by molar-refractivity contribution is 0.298. The number of sulfonamides is 1. The molecule has 0 fully saturated rings. The Morgan fingerprint density at radius 2 is 1.88 bits per heavy atom. The number of hydrogen-bond donors (Lipinski definition) is 3. The van der Waals surface area contributed by atoms with Crippen LogP contribution in [0.5, 0.6) is 0 Å². The number of aromatic nitrogens is 2. The van der Waals surface area contributed by atoms with Crippen LogP contribution in [0.25, 0.3) is 0 Å². The van der Waals surface area contributed by atoms with Gasteiger partial charge in [-0.2, -0.15) is 0 Å². The van der Waals surface area contributed by atoms with Crippen molar-refractivity contribution in [3.05, 3.63) is 62.4 Å². The van der Waals surface area contributed by atoms with Gasteiger partial charge in [0.05, 0.1) is 0 Å². The zero-order valence-electron chi connectivity index (χ0n) is 13.7. The predicted molar refractivity (Wildman–Crippen MR) is 90.5 cm³/mol. The molecule has 0 radical (unpaired) electrons. The van der Waals surface area contributed by atoms with E-state index in [0.29, 0.717) is 0 Å². The van der Waals surface area contributed by atoms with Crippen molar-refractivity contribution in [2.45, 2.75) is 17.9 Å². The highest BCUT2D eigenvalue weighted by atomic mass is 32.2. The molecule has 1 aromatic carbocycles. The van der Waals surface area contributed by atoms with Gasteiger partial charge in [-0.15, -0.1) is 0 Å². The van der Waals surface area contributed by atoms with E-state index in [1.165, 1.54) is 0 Å². The van der Waals surface area contributed by atoms with Gasteiger partial charge in [-0.3, -0.25) is 9.78 Å². The van der Waals surface area contributed by atoms with Crippen molar-refractivity contribution in [2.24, 2.45) is 0 Å². The second-order valence-electron chi connectivity index (χ2n) is 5.62. The summed E-state index contributed by atoms with van der Waals surface area (Å²) in [6.07, 6.45) is 0.891.